The van der Waals surface area contributed by atoms with Crippen LogP contribution in [0.25, 0.3) is 11.0 Å². The molecular formula is C9H12N6O2. The molecule has 0 aliphatic carbocycles. The van der Waals surface area contributed by atoms with Gasteiger partial charge in [-0.05, 0) is 6.92 Å². The number of aromatic amines is 1. The summed E-state index contributed by atoms with van der Waals surface area (Å²) in [7, 11) is 1.61. The molecule has 2 heterocycles. The molecule has 0 spiro atoms. The first-order chi connectivity index (χ1) is 8.08. The van der Waals surface area contributed by atoms with Crippen LogP contribution >= 0.6 is 0 Å². The number of nitrogens with zero attached hydrogens (tertiary/aromatic N) is 3. The summed E-state index contributed by atoms with van der Waals surface area (Å²) < 4.78 is 1.29. The lowest BCUT2D eigenvalue weighted by Gasteiger charge is -2.08. The highest BCUT2D eigenvalue weighted by Crippen LogP contribution is 2.11. The molecule has 0 radical (unpaired) electrons. The molecule has 0 fully saturated rings. The van der Waals surface area contributed by atoms with Gasteiger partial charge in [0.2, 0.25) is 5.95 Å². The maximum Gasteiger partial charge on any atom is 0.351 e. The molecule has 8 heteroatoms. The second kappa shape index (κ2) is 3.89. The average molecular weight is 236 g/mol. The van der Waals surface area contributed by atoms with E-state index in [9.17, 15) is 9.59 Å². The first-order valence-electron chi connectivity index (χ1n) is 5.06. The molecule has 8 nitrogen and oxygen atoms in total. The van der Waals surface area contributed by atoms with E-state index in [1.54, 1.807) is 14.0 Å². The van der Waals surface area contributed by atoms with Gasteiger partial charge in [-0.2, -0.15) is 9.97 Å². The number of nitrogen functional groups attached to an aromatic ring is 1. The summed E-state index contributed by atoms with van der Waals surface area (Å²) in [6.07, 6.45) is 0. The lowest BCUT2D eigenvalue weighted by Crippen LogP contribution is -2.27. The van der Waals surface area contributed by atoms with Crippen molar-refractivity contribution in [3.8, 4) is 0 Å². The van der Waals surface area contributed by atoms with Gasteiger partial charge in [-0.25, -0.2) is 4.79 Å². The van der Waals surface area contributed by atoms with Gasteiger partial charge in [0.25, 0.3) is 5.56 Å². The molecule has 0 atom stereocenters. The van der Waals surface area contributed by atoms with Gasteiger partial charge in [0.1, 0.15) is 11.2 Å². The highest BCUT2D eigenvalue weighted by atomic mass is 16.1. The molecule has 4 N–H and O–H groups in total. The SMILES string of the molecule is CCn1c(=O)nc(N)c2c(=O)[nH]c(NC)nc21. The van der Waals surface area contributed by atoms with Crippen molar-refractivity contribution in [1.29, 1.82) is 0 Å². The third kappa shape index (κ3) is 1.63. The Bertz CT molecular complexity index is 686. The lowest BCUT2D eigenvalue weighted by molar-refractivity contribution is 0.722. The normalized spacial score (nSPS) is 10.7. The zero-order chi connectivity index (χ0) is 12.6. The number of hydrogen-bond acceptors (Lipinski definition) is 6. The molecule has 0 bridgehead atoms. The zero-order valence-electron chi connectivity index (χ0n) is 9.44. The molecule has 90 valence electrons. The summed E-state index contributed by atoms with van der Waals surface area (Å²) in [5.74, 6) is 0.167. The van der Waals surface area contributed by atoms with Crippen LogP contribution in [-0.2, 0) is 6.54 Å². The second-order valence-corrected chi connectivity index (χ2v) is 3.39. The predicted octanol–water partition coefficient (Wildman–Crippen LogP) is -0.876. The van der Waals surface area contributed by atoms with E-state index in [2.05, 4.69) is 20.3 Å². The van der Waals surface area contributed by atoms with Crippen molar-refractivity contribution in [3.05, 3.63) is 20.8 Å². The lowest BCUT2D eigenvalue weighted by atomic mass is 10.3. The number of rotatable bonds is 2. The Morgan fingerprint density at radius 1 is 1.41 bits per heavy atom. The summed E-state index contributed by atoms with van der Waals surface area (Å²) in [6.45, 7) is 2.13. The Kier molecular flexibility index (Phi) is 2.54. The molecule has 0 amide bonds. The van der Waals surface area contributed by atoms with E-state index >= 15 is 0 Å². The van der Waals surface area contributed by atoms with Gasteiger partial charge in [0, 0.05) is 13.6 Å². The monoisotopic (exact) mass is 236 g/mol. The Hall–Kier alpha value is -2.38. The van der Waals surface area contributed by atoms with E-state index in [0.29, 0.717) is 6.54 Å². The van der Waals surface area contributed by atoms with Crippen LogP contribution in [0.1, 0.15) is 6.92 Å². The molecule has 17 heavy (non-hydrogen) atoms. The molecule has 0 aliphatic heterocycles. The summed E-state index contributed by atoms with van der Waals surface area (Å²) in [5.41, 5.74) is 4.86. The fourth-order valence-corrected chi connectivity index (χ4v) is 1.60. The quantitative estimate of drug-likeness (QED) is 0.623. The zero-order valence-corrected chi connectivity index (χ0v) is 9.44. The third-order valence-electron chi connectivity index (χ3n) is 2.41. The number of aromatic nitrogens is 4. The largest absolute Gasteiger partial charge is 0.383 e. The van der Waals surface area contributed by atoms with Gasteiger partial charge in [-0.3, -0.25) is 14.3 Å². The summed E-state index contributed by atoms with van der Waals surface area (Å²) in [4.78, 5) is 33.6. The summed E-state index contributed by atoms with van der Waals surface area (Å²) in [6, 6.07) is 0. The van der Waals surface area contributed by atoms with Crippen molar-refractivity contribution in [2.45, 2.75) is 13.5 Å². The van der Waals surface area contributed by atoms with Gasteiger partial charge < -0.3 is 11.1 Å². The van der Waals surface area contributed by atoms with Gasteiger partial charge in [-0.1, -0.05) is 0 Å². The van der Waals surface area contributed by atoms with Gasteiger partial charge in [0.15, 0.2) is 5.65 Å². The van der Waals surface area contributed by atoms with Crippen LogP contribution in [-0.4, -0.2) is 26.6 Å². The number of nitrogens with one attached hydrogen (secondary N) is 2. The van der Waals surface area contributed by atoms with Crippen LogP contribution in [0.3, 0.4) is 0 Å². The van der Waals surface area contributed by atoms with Gasteiger partial charge in [-0.15, -0.1) is 0 Å². The highest BCUT2D eigenvalue weighted by Gasteiger charge is 2.13. The van der Waals surface area contributed by atoms with Crippen molar-refractivity contribution in [2.75, 3.05) is 18.1 Å². The highest BCUT2D eigenvalue weighted by molar-refractivity contribution is 5.84. The molecule has 0 aromatic carbocycles. The second-order valence-electron chi connectivity index (χ2n) is 3.39. The van der Waals surface area contributed by atoms with Crippen LogP contribution in [0.2, 0.25) is 0 Å². The maximum atomic E-state index is 11.8. The molecule has 0 aliphatic rings. The Morgan fingerprint density at radius 3 is 2.71 bits per heavy atom. The Labute approximate surface area is 95.5 Å². The maximum absolute atomic E-state index is 11.8. The summed E-state index contributed by atoms with van der Waals surface area (Å²) in [5, 5.41) is 2.84. The number of H-pyrrole nitrogens is 1. The smallest absolute Gasteiger partial charge is 0.351 e. The van der Waals surface area contributed by atoms with E-state index in [-0.39, 0.29) is 22.8 Å². The average Bonchev–Trinajstić information content (AvgIpc) is 2.28. The van der Waals surface area contributed by atoms with E-state index in [1.165, 1.54) is 4.57 Å². The molecule has 2 rings (SSSR count). The van der Waals surface area contributed by atoms with Crippen molar-refractivity contribution >= 4 is 22.8 Å². The Morgan fingerprint density at radius 2 is 2.12 bits per heavy atom. The first-order valence-corrected chi connectivity index (χ1v) is 5.06. The van der Waals surface area contributed by atoms with Crippen LogP contribution in [0.4, 0.5) is 11.8 Å². The fraction of sp³-hybridized carbons (Fsp3) is 0.333. The van der Waals surface area contributed by atoms with E-state index < -0.39 is 11.2 Å². The van der Waals surface area contributed by atoms with Crippen LogP contribution in [0.5, 0.6) is 0 Å². The molecule has 0 unspecified atom stereocenters. The van der Waals surface area contributed by atoms with Crippen molar-refractivity contribution < 1.29 is 0 Å². The molecule has 2 aromatic heterocycles. The van der Waals surface area contributed by atoms with Crippen LogP contribution < -0.4 is 22.3 Å². The number of nitrogens with two attached hydrogens (primary N) is 1. The summed E-state index contributed by atoms with van der Waals surface area (Å²) >= 11 is 0. The molecule has 0 saturated heterocycles. The number of anilines is 2. The molecule has 0 saturated carbocycles. The molecular weight excluding hydrogens is 224 g/mol. The minimum absolute atomic E-state index is 0.105. The van der Waals surface area contributed by atoms with E-state index in [1.807, 2.05) is 0 Å². The first kappa shape index (κ1) is 11.1. The number of aryl methyl sites for hydroxylation is 1. The van der Waals surface area contributed by atoms with Crippen molar-refractivity contribution in [2.24, 2.45) is 0 Å². The van der Waals surface area contributed by atoms with Gasteiger partial charge >= 0.3 is 5.69 Å². The molecule has 2 aromatic rings. The topological polar surface area (TPSA) is 119 Å². The minimum atomic E-state index is -0.516. The van der Waals surface area contributed by atoms with Crippen molar-refractivity contribution in [1.82, 2.24) is 19.5 Å². The fourth-order valence-electron chi connectivity index (χ4n) is 1.60. The van der Waals surface area contributed by atoms with Crippen LogP contribution in [0, 0.1) is 0 Å². The number of fused-ring (bicyclic) bond motifs is 1. The minimum Gasteiger partial charge on any atom is -0.383 e. The number of hydrogen-bond donors (Lipinski definition) is 3. The van der Waals surface area contributed by atoms with E-state index in [4.69, 9.17) is 5.73 Å². The van der Waals surface area contributed by atoms with E-state index in [0.717, 1.165) is 0 Å². The van der Waals surface area contributed by atoms with Gasteiger partial charge in [0.05, 0.1) is 0 Å². The standard InChI is InChI=1S/C9H12N6O2/c1-3-15-6-4(5(10)12-9(15)17)7(16)14-8(11-2)13-6/h3H2,1-2H3,(H2,10,12,17)(H2,11,13,14,16). The van der Waals surface area contributed by atoms with Crippen LogP contribution in [0.15, 0.2) is 9.59 Å². The third-order valence-corrected chi connectivity index (χ3v) is 2.41. The predicted molar refractivity (Wildman–Crippen MR) is 64.1 cm³/mol. The van der Waals surface area contributed by atoms with Crippen molar-refractivity contribution in [3.63, 3.8) is 0 Å². The Balaban J connectivity index is 3.04.